The lowest BCUT2D eigenvalue weighted by atomic mass is 10.1. The fourth-order valence-electron chi connectivity index (χ4n) is 3.90. The largest absolute Gasteiger partial charge is 0.480 e. The molecule has 3 aromatic rings. The summed E-state index contributed by atoms with van der Waals surface area (Å²) in [4.78, 5) is 31.9. The number of hydrogen-bond donors (Lipinski definition) is 3. The molecule has 11 nitrogen and oxygen atoms in total. The molecular weight excluding hydrogens is 402 g/mol. The summed E-state index contributed by atoms with van der Waals surface area (Å²) in [7, 11) is 0. The summed E-state index contributed by atoms with van der Waals surface area (Å²) in [6.07, 6.45) is 6.89. The molecule has 2 aliphatic carbocycles. The SMILES string of the molecule is O=C(O)C1(c2nc(N[C@H]3CC[C@H](Nc4ccc(-n5ncccc5=O)cn4)C3)no2)CC1. The summed E-state index contributed by atoms with van der Waals surface area (Å²) in [5, 5.41) is 23.9. The molecular formula is C20H21N7O4. The van der Waals surface area contributed by atoms with Gasteiger partial charge >= 0.3 is 5.97 Å². The monoisotopic (exact) mass is 423 g/mol. The fraction of sp³-hybridized carbons (Fsp3) is 0.400. The number of carboxylic acid groups (broad SMARTS) is 1. The number of nitrogens with one attached hydrogen (secondary N) is 2. The van der Waals surface area contributed by atoms with Crippen molar-refractivity contribution in [1.29, 1.82) is 0 Å². The standard InChI is InChI=1S/C20H21N7O4/c28-16-2-1-9-22-27(16)14-5-6-15(21-11-14)23-12-3-4-13(10-12)24-19-25-17(31-26-19)20(7-8-20)18(29)30/h1-2,5-6,9,11-13H,3-4,7-8,10H2,(H,21,23)(H,24,26)(H,29,30)/t12-,13-/m0/s1. The van der Waals surface area contributed by atoms with E-state index in [1.165, 1.54) is 10.7 Å². The van der Waals surface area contributed by atoms with Crippen molar-refractivity contribution in [3.63, 3.8) is 0 Å². The molecule has 2 fully saturated rings. The van der Waals surface area contributed by atoms with E-state index in [1.54, 1.807) is 24.5 Å². The van der Waals surface area contributed by atoms with E-state index in [-0.39, 0.29) is 23.5 Å². The van der Waals surface area contributed by atoms with Gasteiger partial charge in [-0.1, -0.05) is 0 Å². The summed E-state index contributed by atoms with van der Waals surface area (Å²) in [6.45, 7) is 0. The minimum atomic E-state index is -0.995. The average molecular weight is 423 g/mol. The van der Waals surface area contributed by atoms with E-state index in [0.29, 0.717) is 24.5 Å². The van der Waals surface area contributed by atoms with E-state index in [9.17, 15) is 14.7 Å². The zero-order chi connectivity index (χ0) is 21.4. The molecule has 31 heavy (non-hydrogen) atoms. The van der Waals surface area contributed by atoms with Crippen LogP contribution < -0.4 is 16.2 Å². The van der Waals surface area contributed by atoms with E-state index in [0.717, 1.165) is 25.1 Å². The van der Waals surface area contributed by atoms with Crippen molar-refractivity contribution < 1.29 is 14.4 Å². The van der Waals surface area contributed by atoms with Crippen molar-refractivity contribution >= 4 is 17.7 Å². The van der Waals surface area contributed by atoms with Crippen LogP contribution in [0.1, 0.15) is 38.0 Å². The number of pyridine rings is 1. The summed E-state index contributed by atoms with van der Waals surface area (Å²) in [6, 6.07) is 7.03. The number of rotatable bonds is 7. The normalized spacial score (nSPS) is 21.5. The molecule has 0 radical (unpaired) electrons. The number of anilines is 2. The molecule has 160 valence electrons. The zero-order valence-corrected chi connectivity index (χ0v) is 16.6. The van der Waals surface area contributed by atoms with Gasteiger partial charge in [0, 0.05) is 24.3 Å². The highest BCUT2D eigenvalue weighted by Gasteiger charge is 2.56. The van der Waals surface area contributed by atoms with Crippen LogP contribution in [0, 0.1) is 0 Å². The first-order valence-corrected chi connectivity index (χ1v) is 10.1. The van der Waals surface area contributed by atoms with Gasteiger partial charge < -0.3 is 20.3 Å². The third-order valence-electron chi connectivity index (χ3n) is 5.82. The van der Waals surface area contributed by atoms with Crippen LogP contribution in [0.15, 0.2) is 46.0 Å². The van der Waals surface area contributed by atoms with E-state index < -0.39 is 11.4 Å². The van der Waals surface area contributed by atoms with Crippen LogP contribution in [-0.2, 0) is 10.2 Å². The van der Waals surface area contributed by atoms with E-state index in [4.69, 9.17) is 4.52 Å². The van der Waals surface area contributed by atoms with Gasteiger partial charge in [-0.15, -0.1) is 0 Å². The molecule has 0 amide bonds. The van der Waals surface area contributed by atoms with Crippen molar-refractivity contribution in [2.45, 2.75) is 49.6 Å². The van der Waals surface area contributed by atoms with E-state index >= 15 is 0 Å². The van der Waals surface area contributed by atoms with Crippen LogP contribution in [0.2, 0.25) is 0 Å². The number of aliphatic carboxylic acids is 1. The highest BCUT2D eigenvalue weighted by atomic mass is 16.5. The van der Waals surface area contributed by atoms with E-state index in [1.807, 2.05) is 6.07 Å². The number of carbonyl (C=O) groups is 1. The van der Waals surface area contributed by atoms with Gasteiger partial charge in [0.1, 0.15) is 11.2 Å². The Morgan fingerprint density at radius 2 is 2.00 bits per heavy atom. The topological polar surface area (TPSA) is 148 Å². The summed E-state index contributed by atoms with van der Waals surface area (Å²) in [5.74, 6) is 0.305. The van der Waals surface area contributed by atoms with Crippen LogP contribution in [-0.4, -0.2) is 48.1 Å². The Hall–Kier alpha value is -3.76. The van der Waals surface area contributed by atoms with Crippen molar-refractivity contribution in [3.8, 4) is 5.69 Å². The minimum Gasteiger partial charge on any atom is -0.480 e. The van der Waals surface area contributed by atoms with Gasteiger partial charge in [-0.3, -0.25) is 9.59 Å². The molecule has 3 N–H and O–H groups in total. The number of nitrogens with zero attached hydrogens (tertiary/aromatic N) is 5. The molecule has 3 heterocycles. The van der Waals surface area contributed by atoms with Crippen molar-refractivity contribution in [2.24, 2.45) is 0 Å². The van der Waals surface area contributed by atoms with Crippen LogP contribution >= 0.6 is 0 Å². The molecule has 2 saturated carbocycles. The maximum absolute atomic E-state index is 11.9. The summed E-state index contributed by atoms with van der Waals surface area (Å²) in [5.41, 5.74) is -0.606. The Labute approximate surface area is 176 Å². The lowest BCUT2D eigenvalue weighted by Crippen LogP contribution is -2.22. The molecule has 2 atom stereocenters. The van der Waals surface area contributed by atoms with Gasteiger partial charge in [0.15, 0.2) is 0 Å². The second kappa shape index (κ2) is 7.49. The van der Waals surface area contributed by atoms with Gasteiger partial charge in [-0.05, 0) is 55.5 Å². The smallest absolute Gasteiger partial charge is 0.319 e. The van der Waals surface area contributed by atoms with Gasteiger partial charge in [0.25, 0.3) is 11.5 Å². The van der Waals surface area contributed by atoms with Crippen molar-refractivity contribution in [1.82, 2.24) is 24.9 Å². The predicted molar refractivity (Wildman–Crippen MR) is 109 cm³/mol. The highest BCUT2D eigenvalue weighted by Crippen LogP contribution is 2.47. The van der Waals surface area contributed by atoms with Gasteiger partial charge in [0.05, 0.1) is 11.9 Å². The third kappa shape index (κ3) is 3.74. The van der Waals surface area contributed by atoms with Gasteiger partial charge in [-0.25, -0.2) is 4.98 Å². The molecule has 3 aromatic heterocycles. The molecule has 5 rings (SSSR count). The first-order valence-electron chi connectivity index (χ1n) is 10.1. The summed E-state index contributed by atoms with van der Waals surface area (Å²) >= 11 is 0. The number of carboxylic acids is 1. The average Bonchev–Trinajstić information content (AvgIpc) is 3.26. The fourth-order valence-corrected chi connectivity index (χ4v) is 3.90. The highest BCUT2D eigenvalue weighted by molar-refractivity contribution is 5.83. The van der Waals surface area contributed by atoms with Crippen LogP contribution in [0.3, 0.4) is 0 Å². The number of hydrogen-bond acceptors (Lipinski definition) is 9. The molecule has 0 aromatic carbocycles. The van der Waals surface area contributed by atoms with Crippen LogP contribution in [0.25, 0.3) is 5.69 Å². The van der Waals surface area contributed by atoms with Gasteiger partial charge in [0.2, 0.25) is 5.89 Å². The predicted octanol–water partition coefficient (Wildman–Crippen LogP) is 1.57. The lowest BCUT2D eigenvalue weighted by Gasteiger charge is -2.14. The molecule has 11 heteroatoms. The Kier molecular flexibility index (Phi) is 4.64. The molecule has 2 aliphatic rings. The number of aromatic nitrogens is 5. The third-order valence-corrected chi connectivity index (χ3v) is 5.82. The lowest BCUT2D eigenvalue weighted by molar-refractivity contribution is -0.140. The Morgan fingerprint density at radius 1 is 1.19 bits per heavy atom. The minimum absolute atomic E-state index is 0.148. The second-order valence-electron chi connectivity index (χ2n) is 7.98. The Balaban J connectivity index is 1.17. The van der Waals surface area contributed by atoms with Crippen LogP contribution in [0.5, 0.6) is 0 Å². The quantitative estimate of drug-likeness (QED) is 0.511. The van der Waals surface area contributed by atoms with Crippen LogP contribution in [0.4, 0.5) is 11.8 Å². The molecule has 0 bridgehead atoms. The Bertz CT molecular complexity index is 1150. The zero-order valence-electron chi connectivity index (χ0n) is 16.6. The molecule has 0 spiro atoms. The Morgan fingerprint density at radius 3 is 2.68 bits per heavy atom. The maximum Gasteiger partial charge on any atom is 0.319 e. The van der Waals surface area contributed by atoms with Crippen molar-refractivity contribution in [3.05, 3.63) is 52.9 Å². The molecule has 0 saturated heterocycles. The second-order valence-corrected chi connectivity index (χ2v) is 7.98. The van der Waals surface area contributed by atoms with Gasteiger partial charge in [-0.2, -0.15) is 14.8 Å². The van der Waals surface area contributed by atoms with E-state index in [2.05, 4.69) is 30.9 Å². The van der Waals surface area contributed by atoms with Crippen molar-refractivity contribution in [2.75, 3.05) is 10.6 Å². The maximum atomic E-state index is 11.9. The summed E-state index contributed by atoms with van der Waals surface area (Å²) < 4.78 is 6.48. The molecule has 0 aliphatic heterocycles. The first kappa shape index (κ1) is 19.2. The molecule has 0 unspecified atom stereocenters. The first-order chi connectivity index (χ1) is 15.0.